The number of hydrogen-bond donors (Lipinski definition) is 0. The number of methoxy groups -OCH3 is 1. The zero-order valence-electron chi connectivity index (χ0n) is 24.1. The molecule has 0 amide bonds. The molecule has 6 rings (SSSR count). The van der Waals surface area contributed by atoms with Gasteiger partial charge in [-0.3, -0.25) is 9.80 Å². The Morgan fingerprint density at radius 1 is 1.13 bits per heavy atom. The van der Waals surface area contributed by atoms with E-state index in [9.17, 15) is 0 Å². The Kier molecular flexibility index (Phi) is 7.07. The van der Waals surface area contributed by atoms with Gasteiger partial charge >= 0.3 is 0 Å². The molecule has 1 aromatic carbocycles. The predicted octanol–water partition coefficient (Wildman–Crippen LogP) is 7.25. The van der Waals surface area contributed by atoms with Crippen LogP contribution in [0.15, 0.2) is 40.5 Å². The average Bonchev–Trinajstić information content (AvgIpc) is 3.74. The summed E-state index contributed by atoms with van der Waals surface area (Å²) in [5, 5.41) is 0. The minimum atomic E-state index is 0.189. The van der Waals surface area contributed by atoms with Gasteiger partial charge in [-0.2, -0.15) is 0 Å². The van der Waals surface area contributed by atoms with E-state index >= 15 is 0 Å². The van der Waals surface area contributed by atoms with Crippen LogP contribution in [0.2, 0.25) is 0 Å². The number of nitrogens with zero attached hydrogens (tertiary/aromatic N) is 2. The summed E-state index contributed by atoms with van der Waals surface area (Å²) in [5.74, 6) is 3.35. The minimum absolute atomic E-state index is 0.189. The summed E-state index contributed by atoms with van der Waals surface area (Å²) in [6, 6.07) is 4.75. The zero-order valence-corrected chi connectivity index (χ0v) is 24.1. The normalized spacial score (nSPS) is 26.6. The third-order valence-corrected chi connectivity index (χ3v) is 10.2. The van der Waals surface area contributed by atoms with Gasteiger partial charge in [0.1, 0.15) is 11.5 Å². The van der Waals surface area contributed by atoms with E-state index in [1.165, 1.54) is 65.6 Å². The maximum atomic E-state index is 6.08. The molecule has 0 N–H and O–H groups in total. The lowest BCUT2D eigenvalue weighted by Crippen LogP contribution is -2.60. The number of likely N-dealkylation sites (tertiary alicyclic amines) is 2. The number of benzene rings is 1. The van der Waals surface area contributed by atoms with Gasteiger partial charge in [0.25, 0.3) is 0 Å². The Morgan fingerprint density at radius 3 is 2.55 bits per heavy atom. The van der Waals surface area contributed by atoms with Crippen LogP contribution in [0.5, 0.6) is 5.75 Å². The molecule has 0 saturated carbocycles. The molecule has 1 spiro atoms. The molecule has 2 aliphatic carbocycles. The minimum Gasteiger partial charge on any atom is -0.496 e. The second-order valence-corrected chi connectivity index (χ2v) is 12.2. The fraction of sp³-hybridized carbons (Fsp3) is 0.559. The van der Waals surface area contributed by atoms with E-state index in [0.717, 1.165) is 56.4 Å². The van der Waals surface area contributed by atoms with Crippen LogP contribution in [-0.4, -0.2) is 48.6 Å². The molecule has 2 aromatic rings. The maximum absolute atomic E-state index is 6.08. The van der Waals surface area contributed by atoms with Crippen molar-refractivity contribution in [2.24, 2.45) is 5.92 Å². The number of piperidine rings is 2. The molecule has 3 heterocycles. The highest BCUT2D eigenvalue weighted by Crippen LogP contribution is 2.48. The Morgan fingerprint density at radius 2 is 1.92 bits per heavy atom. The monoisotopic (exact) mass is 513 g/mol. The van der Waals surface area contributed by atoms with Gasteiger partial charge in [-0.05, 0) is 98.7 Å². The predicted molar refractivity (Wildman–Crippen MR) is 155 cm³/mol. The van der Waals surface area contributed by atoms with Gasteiger partial charge in [0.05, 0.1) is 19.9 Å². The lowest BCUT2D eigenvalue weighted by atomic mass is 9.70. The van der Waals surface area contributed by atoms with Gasteiger partial charge < -0.3 is 9.15 Å². The first-order valence-electron chi connectivity index (χ1n) is 14.9. The standard InChI is InChI=1S/C34H45N2O2/c1-6-26-18-30-16-25(8-9-28-17-29(27-10-11-27)19-31(37-5)33(26)28)20-36(7-2)34(30)12-14-35(15-13-34)21-32-24(4)23(3)22-38-32/h10-11,17-19,22,25-26H,6-9,12-16,20-21H2,1-5H3/b30-18+. The van der Waals surface area contributed by atoms with Crippen molar-refractivity contribution in [2.45, 2.75) is 84.2 Å². The van der Waals surface area contributed by atoms with Crippen LogP contribution in [0.1, 0.15) is 85.4 Å². The summed E-state index contributed by atoms with van der Waals surface area (Å²) in [4.78, 5) is 5.48. The number of hydrogen-bond acceptors (Lipinski definition) is 4. The molecule has 203 valence electrons. The zero-order chi connectivity index (χ0) is 26.4. The van der Waals surface area contributed by atoms with E-state index in [-0.39, 0.29) is 5.54 Å². The van der Waals surface area contributed by atoms with Crippen LogP contribution in [0.4, 0.5) is 0 Å². The van der Waals surface area contributed by atoms with Gasteiger partial charge in [-0.15, -0.1) is 0 Å². The van der Waals surface area contributed by atoms with E-state index in [1.54, 1.807) is 5.57 Å². The van der Waals surface area contributed by atoms with Crippen LogP contribution in [0.3, 0.4) is 0 Å². The van der Waals surface area contributed by atoms with E-state index in [2.05, 4.69) is 68.2 Å². The molecule has 2 bridgehead atoms. The van der Waals surface area contributed by atoms with Gasteiger partial charge in [-0.1, -0.05) is 37.6 Å². The highest BCUT2D eigenvalue weighted by Gasteiger charge is 2.47. The molecule has 2 atom stereocenters. The number of rotatable bonds is 6. The lowest BCUT2D eigenvalue weighted by Gasteiger charge is -2.55. The molecule has 4 aliphatic rings. The summed E-state index contributed by atoms with van der Waals surface area (Å²) in [6.45, 7) is 14.6. The summed E-state index contributed by atoms with van der Waals surface area (Å²) in [5.41, 5.74) is 10.1. The third kappa shape index (κ3) is 4.58. The number of allylic oxidation sites excluding steroid dienone is 3. The van der Waals surface area contributed by atoms with Gasteiger partial charge in [-0.25, -0.2) is 0 Å². The Balaban J connectivity index is 1.33. The van der Waals surface area contributed by atoms with Crippen molar-refractivity contribution in [1.29, 1.82) is 0 Å². The highest BCUT2D eigenvalue weighted by atomic mass is 16.5. The number of furan rings is 1. The van der Waals surface area contributed by atoms with Crippen LogP contribution in [0.25, 0.3) is 5.57 Å². The highest BCUT2D eigenvalue weighted by molar-refractivity contribution is 5.88. The van der Waals surface area contributed by atoms with Crippen LogP contribution in [0, 0.1) is 26.2 Å². The van der Waals surface area contributed by atoms with Crippen LogP contribution < -0.4 is 4.74 Å². The first kappa shape index (κ1) is 26.0. The average molecular weight is 514 g/mol. The van der Waals surface area contributed by atoms with Crippen molar-refractivity contribution in [3.05, 3.63) is 76.1 Å². The molecule has 1 radical (unpaired) electrons. The molecule has 2 saturated heterocycles. The number of fused-ring (bicyclic) bond motifs is 4. The van der Waals surface area contributed by atoms with E-state index < -0.39 is 0 Å². The topological polar surface area (TPSA) is 28.9 Å². The smallest absolute Gasteiger partial charge is 0.123 e. The van der Waals surface area contributed by atoms with Crippen molar-refractivity contribution in [3.63, 3.8) is 0 Å². The molecule has 4 heteroatoms. The van der Waals surface area contributed by atoms with Crippen molar-refractivity contribution in [1.82, 2.24) is 9.80 Å². The van der Waals surface area contributed by atoms with Gasteiger partial charge in [0.15, 0.2) is 0 Å². The number of likely N-dealkylation sites (N-methyl/N-ethyl adjacent to an activating group) is 1. The number of ether oxygens (including phenoxy) is 1. The Hall–Kier alpha value is -2.30. The van der Waals surface area contributed by atoms with E-state index in [4.69, 9.17) is 9.15 Å². The van der Waals surface area contributed by atoms with Crippen molar-refractivity contribution in [2.75, 3.05) is 33.3 Å². The molecule has 2 fully saturated rings. The molecule has 1 aromatic heterocycles. The van der Waals surface area contributed by atoms with E-state index in [0.29, 0.717) is 5.92 Å². The fourth-order valence-corrected chi connectivity index (χ4v) is 7.63. The van der Waals surface area contributed by atoms with Gasteiger partial charge in [0, 0.05) is 43.1 Å². The van der Waals surface area contributed by atoms with Crippen molar-refractivity contribution in [3.8, 4) is 5.75 Å². The molecule has 38 heavy (non-hydrogen) atoms. The van der Waals surface area contributed by atoms with E-state index in [1.807, 2.05) is 13.4 Å². The van der Waals surface area contributed by atoms with Crippen molar-refractivity contribution < 1.29 is 9.15 Å². The second-order valence-electron chi connectivity index (χ2n) is 12.2. The summed E-state index contributed by atoms with van der Waals surface area (Å²) in [6.07, 6.45) is 16.2. The Labute approximate surface area is 229 Å². The largest absolute Gasteiger partial charge is 0.496 e. The quantitative estimate of drug-likeness (QED) is 0.381. The SMILES string of the molecule is CCC1/C=C2\CC(CCc3cc(C4=C[CH]4)cc(OC)c31)CN(CC)C21CCN(Cc2occ(C)c2C)CC1. The molecule has 4 nitrogen and oxygen atoms in total. The first-order valence-corrected chi connectivity index (χ1v) is 14.9. The number of aryl methyl sites for hydroxylation is 2. The van der Waals surface area contributed by atoms with Crippen molar-refractivity contribution >= 4 is 5.57 Å². The fourth-order valence-electron chi connectivity index (χ4n) is 7.63. The van der Waals surface area contributed by atoms with Gasteiger partial charge in [0.2, 0.25) is 0 Å². The first-order chi connectivity index (χ1) is 18.5. The molecular weight excluding hydrogens is 468 g/mol. The third-order valence-electron chi connectivity index (χ3n) is 10.2. The molecule has 2 unspecified atom stereocenters. The van der Waals surface area contributed by atoms with Crippen LogP contribution in [-0.2, 0) is 13.0 Å². The maximum Gasteiger partial charge on any atom is 0.123 e. The Bertz CT molecular complexity index is 1240. The molecular formula is C34H45N2O2. The lowest BCUT2D eigenvalue weighted by molar-refractivity contribution is 0.0108. The second kappa shape index (κ2) is 10.4. The summed E-state index contributed by atoms with van der Waals surface area (Å²) in [7, 11) is 1.85. The summed E-state index contributed by atoms with van der Waals surface area (Å²) < 4.78 is 12.0. The summed E-state index contributed by atoms with van der Waals surface area (Å²) >= 11 is 0. The van der Waals surface area contributed by atoms with Crippen LogP contribution >= 0.6 is 0 Å². The molecule has 2 aliphatic heterocycles.